The van der Waals surface area contributed by atoms with Crippen molar-refractivity contribution in [2.45, 2.75) is 43.7 Å². The summed E-state index contributed by atoms with van der Waals surface area (Å²) in [4.78, 5) is 12.1. The summed E-state index contributed by atoms with van der Waals surface area (Å²) in [5, 5.41) is 12.5. The van der Waals surface area contributed by atoms with Gasteiger partial charge in [0.2, 0.25) is 5.91 Å². The normalized spacial score (nSPS) is 20.2. The number of rotatable bonds is 5. The zero-order valence-electron chi connectivity index (χ0n) is 11.4. The number of carbonyl (C=O) groups is 1. The zero-order chi connectivity index (χ0) is 13.9. The summed E-state index contributed by atoms with van der Waals surface area (Å²) in [7, 11) is 0. The van der Waals surface area contributed by atoms with Gasteiger partial charge in [0, 0.05) is 12.0 Å². The van der Waals surface area contributed by atoms with Gasteiger partial charge in [0.1, 0.15) is 0 Å². The highest BCUT2D eigenvalue weighted by Gasteiger charge is 2.36. The predicted molar refractivity (Wildman–Crippen MR) is 74.4 cm³/mol. The van der Waals surface area contributed by atoms with Gasteiger partial charge >= 0.3 is 0 Å². The lowest BCUT2D eigenvalue weighted by atomic mass is 9.75. The van der Waals surface area contributed by atoms with Crippen LogP contribution in [0.15, 0.2) is 30.3 Å². The Kier molecular flexibility index (Phi) is 3.92. The van der Waals surface area contributed by atoms with Gasteiger partial charge in [-0.25, -0.2) is 0 Å². The van der Waals surface area contributed by atoms with Crippen molar-refractivity contribution in [1.29, 1.82) is 0 Å². The third-order valence-corrected chi connectivity index (χ3v) is 4.00. The van der Waals surface area contributed by atoms with E-state index < -0.39 is 5.54 Å². The van der Waals surface area contributed by atoms with E-state index >= 15 is 0 Å². The first-order valence-corrected chi connectivity index (χ1v) is 6.74. The second-order valence-corrected chi connectivity index (χ2v) is 5.80. The first kappa shape index (κ1) is 14.0. The van der Waals surface area contributed by atoms with Crippen LogP contribution in [-0.4, -0.2) is 23.2 Å². The van der Waals surface area contributed by atoms with Gasteiger partial charge in [-0.1, -0.05) is 30.3 Å². The van der Waals surface area contributed by atoms with Crippen LogP contribution in [0.3, 0.4) is 0 Å². The maximum atomic E-state index is 12.1. The van der Waals surface area contributed by atoms with Crippen molar-refractivity contribution >= 4 is 5.91 Å². The lowest BCUT2D eigenvalue weighted by molar-refractivity contribution is -0.125. The Hall–Kier alpha value is -1.39. The summed E-state index contributed by atoms with van der Waals surface area (Å²) < 4.78 is 0. The molecule has 1 atom stereocenters. The molecule has 1 saturated carbocycles. The van der Waals surface area contributed by atoms with E-state index in [1.807, 2.05) is 37.3 Å². The molecule has 1 unspecified atom stereocenters. The minimum absolute atomic E-state index is 0.0948. The summed E-state index contributed by atoms with van der Waals surface area (Å²) in [5.41, 5.74) is 5.89. The lowest BCUT2D eigenvalue weighted by Crippen LogP contribution is -2.53. The van der Waals surface area contributed by atoms with Gasteiger partial charge in [-0.05, 0) is 31.7 Å². The monoisotopic (exact) mass is 262 g/mol. The molecule has 0 aliphatic heterocycles. The fraction of sp³-hybridized carbons (Fsp3) is 0.533. The van der Waals surface area contributed by atoms with Crippen LogP contribution in [0.5, 0.6) is 0 Å². The number of nitrogens with one attached hydrogen (secondary N) is 1. The topological polar surface area (TPSA) is 75.3 Å². The first-order valence-electron chi connectivity index (χ1n) is 6.74. The summed E-state index contributed by atoms with van der Waals surface area (Å²) >= 11 is 0. The number of aliphatic hydroxyl groups excluding tert-OH is 1. The van der Waals surface area contributed by atoms with Gasteiger partial charge in [0.15, 0.2) is 0 Å². The van der Waals surface area contributed by atoms with Crippen LogP contribution in [-0.2, 0) is 10.3 Å². The molecule has 4 heteroatoms. The van der Waals surface area contributed by atoms with Crippen molar-refractivity contribution in [3.8, 4) is 0 Å². The largest absolute Gasteiger partial charge is 0.394 e. The molecular weight excluding hydrogens is 240 g/mol. The molecule has 0 spiro atoms. The highest BCUT2D eigenvalue weighted by atomic mass is 16.3. The van der Waals surface area contributed by atoms with E-state index in [0.29, 0.717) is 6.42 Å². The number of hydrogen-bond donors (Lipinski definition) is 3. The number of benzene rings is 1. The summed E-state index contributed by atoms with van der Waals surface area (Å²) in [6.45, 7) is 1.69. The standard InChI is InChI=1S/C15H22N2O2/c1-14(11-18,12-6-3-2-4-7-12)17-13(19)10-15(16)8-5-9-15/h2-4,6-7,18H,5,8-11,16H2,1H3,(H,17,19). The van der Waals surface area contributed by atoms with Gasteiger partial charge in [0.05, 0.1) is 12.1 Å². The van der Waals surface area contributed by atoms with Crippen molar-refractivity contribution < 1.29 is 9.90 Å². The minimum atomic E-state index is -0.752. The van der Waals surface area contributed by atoms with Gasteiger partial charge in [-0.3, -0.25) is 4.79 Å². The molecule has 4 N–H and O–H groups in total. The maximum Gasteiger partial charge on any atom is 0.222 e. The van der Waals surface area contributed by atoms with Gasteiger partial charge in [-0.15, -0.1) is 0 Å². The van der Waals surface area contributed by atoms with Crippen LogP contribution >= 0.6 is 0 Å². The average Bonchev–Trinajstić information content (AvgIpc) is 2.37. The van der Waals surface area contributed by atoms with Gasteiger partial charge in [0.25, 0.3) is 0 Å². The number of nitrogens with two attached hydrogens (primary N) is 1. The van der Waals surface area contributed by atoms with Crippen molar-refractivity contribution in [3.05, 3.63) is 35.9 Å². The molecule has 0 aromatic heterocycles. The van der Waals surface area contributed by atoms with Crippen molar-refractivity contribution in [1.82, 2.24) is 5.32 Å². The summed E-state index contributed by atoms with van der Waals surface area (Å²) in [6, 6.07) is 9.50. The van der Waals surface area contributed by atoms with Gasteiger partial charge < -0.3 is 16.2 Å². The minimum Gasteiger partial charge on any atom is -0.394 e. The van der Waals surface area contributed by atoms with Crippen LogP contribution < -0.4 is 11.1 Å². The molecule has 1 aromatic rings. The fourth-order valence-corrected chi connectivity index (χ4v) is 2.49. The first-order chi connectivity index (χ1) is 8.97. The van der Waals surface area contributed by atoms with Crippen molar-refractivity contribution in [2.24, 2.45) is 5.73 Å². The number of hydrogen-bond acceptors (Lipinski definition) is 3. The Morgan fingerprint density at radius 1 is 1.42 bits per heavy atom. The van der Waals surface area contributed by atoms with Gasteiger partial charge in [-0.2, -0.15) is 0 Å². The Morgan fingerprint density at radius 3 is 2.53 bits per heavy atom. The molecule has 1 amide bonds. The van der Waals surface area contributed by atoms with Crippen molar-refractivity contribution in [2.75, 3.05) is 6.61 Å². The molecule has 1 aliphatic rings. The molecule has 0 radical (unpaired) electrons. The number of carbonyl (C=O) groups excluding carboxylic acids is 1. The zero-order valence-corrected chi connectivity index (χ0v) is 11.4. The van der Waals surface area contributed by atoms with E-state index in [1.54, 1.807) is 0 Å². The highest BCUT2D eigenvalue weighted by molar-refractivity contribution is 5.78. The van der Waals surface area contributed by atoms with E-state index in [-0.39, 0.29) is 18.1 Å². The molecule has 1 aliphatic carbocycles. The van der Waals surface area contributed by atoms with Crippen LogP contribution in [0.2, 0.25) is 0 Å². The second kappa shape index (κ2) is 5.31. The average molecular weight is 262 g/mol. The SMILES string of the molecule is CC(CO)(NC(=O)CC1(N)CCC1)c1ccccc1. The number of amides is 1. The fourth-order valence-electron chi connectivity index (χ4n) is 2.49. The molecule has 0 heterocycles. The number of aliphatic hydroxyl groups is 1. The van der Waals surface area contributed by atoms with E-state index in [9.17, 15) is 9.90 Å². The Bertz CT molecular complexity index is 443. The van der Waals surface area contributed by atoms with Crippen LogP contribution in [0.25, 0.3) is 0 Å². The van der Waals surface area contributed by atoms with Crippen LogP contribution in [0.1, 0.15) is 38.2 Å². The molecule has 0 saturated heterocycles. The highest BCUT2D eigenvalue weighted by Crippen LogP contribution is 2.32. The third kappa shape index (κ3) is 3.14. The van der Waals surface area contributed by atoms with E-state index in [0.717, 1.165) is 24.8 Å². The molecule has 104 valence electrons. The molecule has 2 rings (SSSR count). The van der Waals surface area contributed by atoms with Crippen LogP contribution in [0, 0.1) is 0 Å². The van der Waals surface area contributed by atoms with Crippen LogP contribution in [0.4, 0.5) is 0 Å². The van der Waals surface area contributed by atoms with Crippen molar-refractivity contribution in [3.63, 3.8) is 0 Å². The summed E-state index contributed by atoms with van der Waals surface area (Å²) in [5.74, 6) is -0.0948. The van der Waals surface area contributed by atoms with E-state index in [4.69, 9.17) is 5.73 Å². The molecule has 19 heavy (non-hydrogen) atoms. The molecule has 1 fully saturated rings. The lowest BCUT2D eigenvalue weighted by Gasteiger charge is -2.39. The molecule has 0 bridgehead atoms. The maximum absolute atomic E-state index is 12.1. The third-order valence-electron chi connectivity index (χ3n) is 4.00. The Labute approximate surface area is 114 Å². The molecule has 1 aromatic carbocycles. The summed E-state index contributed by atoms with van der Waals surface area (Å²) in [6.07, 6.45) is 3.23. The Morgan fingerprint density at radius 2 is 2.05 bits per heavy atom. The van der Waals surface area contributed by atoms with E-state index in [1.165, 1.54) is 0 Å². The van der Waals surface area contributed by atoms with E-state index in [2.05, 4.69) is 5.32 Å². The smallest absolute Gasteiger partial charge is 0.222 e. The molecule has 4 nitrogen and oxygen atoms in total. The predicted octanol–water partition coefficient (Wildman–Crippen LogP) is 1.28. The molecular formula is C15H22N2O2. The Balaban J connectivity index is 2.04. The second-order valence-electron chi connectivity index (χ2n) is 5.80. The quantitative estimate of drug-likeness (QED) is 0.748.